The Balaban J connectivity index is 2.06. The van der Waals surface area contributed by atoms with Gasteiger partial charge >= 0.3 is 0 Å². The standard InChI is InChI=1S/C12H24N2O2/c1-9(2)16-6-4-5-14-12(15)11-8-13-7-10(11)3/h9-11,13H,4-8H2,1-3H3,(H,14,15). The van der Waals surface area contributed by atoms with Gasteiger partial charge in [-0.05, 0) is 32.7 Å². The van der Waals surface area contributed by atoms with Crippen molar-refractivity contribution in [2.75, 3.05) is 26.2 Å². The first-order valence-electron chi connectivity index (χ1n) is 6.21. The summed E-state index contributed by atoms with van der Waals surface area (Å²) in [6.07, 6.45) is 1.16. The maximum absolute atomic E-state index is 11.8. The van der Waals surface area contributed by atoms with Crippen molar-refractivity contribution in [3.63, 3.8) is 0 Å². The SMILES string of the molecule is CC(C)OCCCNC(=O)C1CNCC1C. The van der Waals surface area contributed by atoms with Crippen LogP contribution >= 0.6 is 0 Å². The Labute approximate surface area is 98.1 Å². The number of ether oxygens (including phenoxy) is 1. The maximum atomic E-state index is 11.8. The lowest BCUT2D eigenvalue weighted by atomic mass is 9.97. The van der Waals surface area contributed by atoms with E-state index in [9.17, 15) is 4.79 Å². The van der Waals surface area contributed by atoms with Crippen LogP contribution in [0.5, 0.6) is 0 Å². The number of hydrogen-bond donors (Lipinski definition) is 2. The molecular formula is C12H24N2O2. The number of carbonyl (C=O) groups excluding carboxylic acids is 1. The molecule has 1 amide bonds. The first-order chi connectivity index (χ1) is 7.61. The van der Waals surface area contributed by atoms with Crippen LogP contribution in [0.1, 0.15) is 27.2 Å². The molecule has 16 heavy (non-hydrogen) atoms. The van der Waals surface area contributed by atoms with Gasteiger partial charge in [0.25, 0.3) is 0 Å². The van der Waals surface area contributed by atoms with E-state index >= 15 is 0 Å². The predicted octanol–water partition coefficient (Wildman–Crippen LogP) is 0.773. The fourth-order valence-corrected chi connectivity index (χ4v) is 1.89. The Bertz CT molecular complexity index is 219. The summed E-state index contributed by atoms with van der Waals surface area (Å²) in [5, 5.41) is 6.20. The molecule has 4 heteroatoms. The predicted molar refractivity (Wildman–Crippen MR) is 64.2 cm³/mol. The molecule has 0 bridgehead atoms. The Morgan fingerprint density at radius 1 is 1.50 bits per heavy atom. The van der Waals surface area contributed by atoms with E-state index in [-0.39, 0.29) is 17.9 Å². The number of carbonyl (C=O) groups is 1. The van der Waals surface area contributed by atoms with Crippen molar-refractivity contribution in [1.29, 1.82) is 0 Å². The average molecular weight is 228 g/mol. The van der Waals surface area contributed by atoms with E-state index in [2.05, 4.69) is 17.6 Å². The van der Waals surface area contributed by atoms with E-state index in [1.165, 1.54) is 0 Å². The molecule has 2 atom stereocenters. The van der Waals surface area contributed by atoms with Crippen LogP contribution in [0.3, 0.4) is 0 Å². The Hall–Kier alpha value is -0.610. The van der Waals surface area contributed by atoms with Gasteiger partial charge in [-0.25, -0.2) is 0 Å². The molecule has 0 aromatic carbocycles. The van der Waals surface area contributed by atoms with Crippen LogP contribution in [0.15, 0.2) is 0 Å². The third kappa shape index (κ3) is 4.49. The summed E-state index contributed by atoms with van der Waals surface area (Å²) < 4.78 is 5.41. The topological polar surface area (TPSA) is 50.4 Å². The van der Waals surface area contributed by atoms with Crippen LogP contribution in [0.25, 0.3) is 0 Å². The van der Waals surface area contributed by atoms with E-state index in [0.29, 0.717) is 5.92 Å². The van der Waals surface area contributed by atoms with Gasteiger partial charge in [0, 0.05) is 19.7 Å². The largest absolute Gasteiger partial charge is 0.379 e. The van der Waals surface area contributed by atoms with Crippen molar-refractivity contribution >= 4 is 5.91 Å². The molecule has 0 aromatic heterocycles. The lowest BCUT2D eigenvalue weighted by molar-refractivity contribution is -0.125. The molecule has 1 rings (SSSR count). The third-order valence-corrected chi connectivity index (χ3v) is 2.93. The van der Waals surface area contributed by atoms with Gasteiger partial charge < -0.3 is 15.4 Å². The van der Waals surface area contributed by atoms with E-state index in [1.54, 1.807) is 0 Å². The summed E-state index contributed by atoms with van der Waals surface area (Å²) in [4.78, 5) is 11.8. The highest BCUT2D eigenvalue weighted by Crippen LogP contribution is 2.15. The lowest BCUT2D eigenvalue weighted by Gasteiger charge is -2.14. The first kappa shape index (κ1) is 13.5. The normalized spacial score (nSPS) is 25.0. The van der Waals surface area contributed by atoms with E-state index in [1.807, 2.05) is 13.8 Å². The van der Waals surface area contributed by atoms with Crippen LogP contribution < -0.4 is 10.6 Å². The van der Waals surface area contributed by atoms with Crippen molar-refractivity contribution in [2.24, 2.45) is 11.8 Å². The highest BCUT2D eigenvalue weighted by Gasteiger charge is 2.28. The highest BCUT2D eigenvalue weighted by atomic mass is 16.5. The monoisotopic (exact) mass is 228 g/mol. The van der Waals surface area contributed by atoms with Gasteiger partial charge in [-0.2, -0.15) is 0 Å². The zero-order valence-electron chi connectivity index (χ0n) is 10.6. The zero-order valence-corrected chi connectivity index (χ0v) is 10.6. The summed E-state index contributed by atoms with van der Waals surface area (Å²) in [5.74, 6) is 0.778. The van der Waals surface area contributed by atoms with Crippen LogP contribution in [0.2, 0.25) is 0 Å². The second kappa shape index (κ2) is 6.86. The molecule has 2 N–H and O–H groups in total. The quantitative estimate of drug-likeness (QED) is 0.660. The van der Waals surface area contributed by atoms with Gasteiger partial charge in [0.2, 0.25) is 5.91 Å². The number of rotatable bonds is 6. The minimum absolute atomic E-state index is 0.144. The first-order valence-corrected chi connectivity index (χ1v) is 6.21. The van der Waals surface area contributed by atoms with Crippen molar-refractivity contribution in [3.05, 3.63) is 0 Å². The van der Waals surface area contributed by atoms with E-state index in [0.717, 1.165) is 32.7 Å². The molecule has 0 saturated carbocycles. The molecule has 1 heterocycles. The molecule has 4 nitrogen and oxygen atoms in total. The summed E-state index contributed by atoms with van der Waals surface area (Å²) in [7, 11) is 0. The molecule has 2 unspecified atom stereocenters. The van der Waals surface area contributed by atoms with Gasteiger partial charge in [0.15, 0.2) is 0 Å². The van der Waals surface area contributed by atoms with Crippen LogP contribution in [-0.4, -0.2) is 38.3 Å². The van der Waals surface area contributed by atoms with Gasteiger partial charge in [-0.1, -0.05) is 6.92 Å². The fourth-order valence-electron chi connectivity index (χ4n) is 1.89. The van der Waals surface area contributed by atoms with Crippen LogP contribution in [0, 0.1) is 11.8 Å². The van der Waals surface area contributed by atoms with E-state index < -0.39 is 0 Å². The van der Waals surface area contributed by atoms with Crippen LogP contribution in [-0.2, 0) is 9.53 Å². The molecule has 0 aromatic rings. The second-order valence-electron chi connectivity index (χ2n) is 4.81. The third-order valence-electron chi connectivity index (χ3n) is 2.93. The highest BCUT2D eigenvalue weighted by molar-refractivity contribution is 5.79. The summed E-state index contributed by atoms with van der Waals surface area (Å²) >= 11 is 0. The Kier molecular flexibility index (Phi) is 5.77. The minimum Gasteiger partial charge on any atom is -0.379 e. The molecule has 0 aliphatic carbocycles. The summed E-state index contributed by atoms with van der Waals surface area (Å²) in [5.41, 5.74) is 0. The number of nitrogens with one attached hydrogen (secondary N) is 2. The molecule has 0 spiro atoms. The van der Waals surface area contributed by atoms with Gasteiger partial charge in [-0.3, -0.25) is 4.79 Å². The molecule has 1 aliphatic rings. The van der Waals surface area contributed by atoms with Crippen molar-refractivity contribution in [2.45, 2.75) is 33.3 Å². The zero-order chi connectivity index (χ0) is 12.0. The number of hydrogen-bond acceptors (Lipinski definition) is 3. The summed E-state index contributed by atoms with van der Waals surface area (Å²) in [6, 6.07) is 0. The maximum Gasteiger partial charge on any atom is 0.224 e. The molecule has 1 saturated heterocycles. The minimum atomic E-state index is 0.144. The van der Waals surface area contributed by atoms with Crippen molar-refractivity contribution in [1.82, 2.24) is 10.6 Å². The molecule has 0 radical (unpaired) electrons. The molecule has 94 valence electrons. The van der Waals surface area contributed by atoms with Crippen molar-refractivity contribution < 1.29 is 9.53 Å². The average Bonchev–Trinajstić information content (AvgIpc) is 2.63. The van der Waals surface area contributed by atoms with Crippen LogP contribution in [0.4, 0.5) is 0 Å². The van der Waals surface area contributed by atoms with Gasteiger partial charge in [0.1, 0.15) is 0 Å². The molecule has 1 aliphatic heterocycles. The van der Waals surface area contributed by atoms with Crippen molar-refractivity contribution in [3.8, 4) is 0 Å². The lowest BCUT2D eigenvalue weighted by Crippen LogP contribution is -2.35. The molecule has 1 fully saturated rings. The van der Waals surface area contributed by atoms with Gasteiger partial charge in [-0.15, -0.1) is 0 Å². The summed E-state index contributed by atoms with van der Waals surface area (Å²) in [6.45, 7) is 9.36. The fraction of sp³-hybridized carbons (Fsp3) is 0.917. The molecular weight excluding hydrogens is 204 g/mol. The van der Waals surface area contributed by atoms with Gasteiger partial charge in [0.05, 0.1) is 12.0 Å². The van der Waals surface area contributed by atoms with E-state index in [4.69, 9.17) is 4.74 Å². The number of amides is 1. The Morgan fingerprint density at radius 2 is 2.25 bits per heavy atom. The second-order valence-corrected chi connectivity index (χ2v) is 4.81. The Morgan fingerprint density at radius 3 is 2.81 bits per heavy atom. The smallest absolute Gasteiger partial charge is 0.224 e.